The number of ether oxygens (including phenoxy) is 1. The van der Waals surface area contributed by atoms with E-state index in [9.17, 15) is 9.18 Å². The lowest BCUT2D eigenvalue weighted by molar-refractivity contribution is 0.0795. The molecule has 128 valence electrons. The first-order valence-corrected chi connectivity index (χ1v) is 9.08. The predicted octanol–water partition coefficient (Wildman–Crippen LogP) is 4.68. The molecule has 25 heavy (non-hydrogen) atoms. The van der Waals surface area contributed by atoms with Crippen molar-refractivity contribution in [2.45, 2.75) is 12.3 Å². The molecule has 3 aromatic rings. The van der Waals surface area contributed by atoms with Crippen molar-refractivity contribution in [1.82, 2.24) is 4.90 Å². The third-order valence-corrected chi connectivity index (χ3v) is 5.87. The quantitative estimate of drug-likeness (QED) is 0.683. The van der Waals surface area contributed by atoms with Crippen LogP contribution in [-0.4, -0.2) is 31.0 Å². The number of rotatable bonds is 3. The number of amides is 1. The first kappa shape index (κ1) is 16.1. The van der Waals surface area contributed by atoms with Gasteiger partial charge in [0.05, 0.1) is 12.0 Å². The maximum Gasteiger partial charge on any atom is 0.263 e. The normalized spacial score (nSPS) is 17.2. The molecule has 1 fully saturated rings. The van der Waals surface area contributed by atoms with Crippen LogP contribution in [0.5, 0.6) is 5.75 Å². The van der Waals surface area contributed by atoms with Gasteiger partial charge in [-0.1, -0.05) is 18.2 Å². The zero-order valence-corrected chi connectivity index (χ0v) is 14.7. The number of benzene rings is 2. The molecule has 0 saturated carbocycles. The molecule has 1 atom stereocenters. The van der Waals surface area contributed by atoms with Crippen LogP contribution in [0.25, 0.3) is 10.1 Å². The van der Waals surface area contributed by atoms with Gasteiger partial charge in [-0.15, -0.1) is 11.3 Å². The van der Waals surface area contributed by atoms with Crippen molar-refractivity contribution >= 4 is 27.3 Å². The Morgan fingerprint density at radius 3 is 2.76 bits per heavy atom. The summed E-state index contributed by atoms with van der Waals surface area (Å²) >= 11 is 1.36. The molecule has 1 saturated heterocycles. The van der Waals surface area contributed by atoms with Crippen LogP contribution in [0.15, 0.2) is 48.5 Å². The van der Waals surface area contributed by atoms with E-state index in [4.69, 9.17) is 4.74 Å². The smallest absolute Gasteiger partial charge is 0.263 e. The maximum absolute atomic E-state index is 13.9. The highest BCUT2D eigenvalue weighted by Crippen LogP contribution is 2.32. The summed E-state index contributed by atoms with van der Waals surface area (Å²) in [5, 5.41) is 0.529. The molecule has 0 spiro atoms. The van der Waals surface area contributed by atoms with Crippen LogP contribution >= 0.6 is 11.3 Å². The Labute approximate surface area is 149 Å². The zero-order valence-electron chi connectivity index (χ0n) is 13.9. The van der Waals surface area contributed by atoms with Crippen LogP contribution in [0.4, 0.5) is 4.39 Å². The molecule has 1 aliphatic rings. The molecule has 1 unspecified atom stereocenters. The summed E-state index contributed by atoms with van der Waals surface area (Å²) in [7, 11) is 1.65. The maximum atomic E-state index is 13.9. The molecule has 0 aliphatic carbocycles. The molecule has 4 rings (SSSR count). The van der Waals surface area contributed by atoms with Crippen LogP contribution in [0.2, 0.25) is 0 Å². The number of halogens is 1. The third-order valence-electron chi connectivity index (χ3n) is 4.78. The fourth-order valence-electron chi connectivity index (χ4n) is 3.38. The summed E-state index contributed by atoms with van der Waals surface area (Å²) in [6.45, 7) is 1.42. The average molecular weight is 355 g/mol. The number of likely N-dealkylation sites (tertiary alicyclic amines) is 1. The Kier molecular flexibility index (Phi) is 4.17. The number of hydrogen-bond acceptors (Lipinski definition) is 3. The van der Waals surface area contributed by atoms with Crippen molar-refractivity contribution in [1.29, 1.82) is 0 Å². The number of hydrogen-bond donors (Lipinski definition) is 0. The second kappa shape index (κ2) is 6.48. The molecule has 0 N–H and O–H groups in total. The van der Waals surface area contributed by atoms with Gasteiger partial charge in [0.15, 0.2) is 0 Å². The molecule has 1 aliphatic heterocycles. The topological polar surface area (TPSA) is 29.5 Å². The Balaban J connectivity index is 1.52. The van der Waals surface area contributed by atoms with Crippen molar-refractivity contribution in [2.75, 3.05) is 20.2 Å². The Hall–Kier alpha value is -2.40. The summed E-state index contributed by atoms with van der Waals surface area (Å²) in [6.07, 6.45) is 0.942. The van der Waals surface area contributed by atoms with Gasteiger partial charge >= 0.3 is 0 Å². The number of methoxy groups -OCH3 is 1. The van der Waals surface area contributed by atoms with E-state index >= 15 is 0 Å². The van der Waals surface area contributed by atoms with Crippen LogP contribution in [0.1, 0.15) is 27.6 Å². The first-order valence-electron chi connectivity index (χ1n) is 8.27. The van der Waals surface area contributed by atoms with E-state index in [1.165, 1.54) is 23.0 Å². The average Bonchev–Trinajstić information content (AvgIpc) is 3.29. The minimum atomic E-state index is -0.273. The van der Waals surface area contributed by atoms with Crippen LogP contribution < -0.4 is 4.74 Å². The van der Waals surface area contributed by atoms with Crippen molar-refractivity contribution in [3.8, 4) is 5.75 Å². The Morgan fingerprint density at radius 2 is 2.04 bits per heavy atom. The first-order chi connectivity index (χ1) is 12.2. The fourth-order valence-corrected chi connectivity index (χ4v) is 4.42. The van der Waals surface area contributed by atoms with Crippen molar-refractivity contribution in [3.05, 3.63) is 64.8 Å². The Morgan fingerprint density at radius 1 is 1.24 bits per heavy atom. The van der Waals surface area contributed by atoms with Crippen molar-refractivity contribution < 1.29 is 13.9 Å². The SMILES string of the molecule is COc1ccc(C2CCN(C(=O)c3cc4c(F)cccc4s3)C2)cc1. The standard InChI is InChI=1S/C20H18FNO2S/c1-24-15-7-5-13(6-8-15)14-9-10-22(12-14)20(23)19-11-16-17(21)3-2-4-18(16)25-19/h2-8,11,14H,9-10,12H2,1H3. The lowest BCUT2D eigenvalue weighted by atomic mass is 9.98. The molecular weight excluding hydrogens is 337 g/mol. The summed E-state index contributed by atoms with van der Waals surface area (Å²) in [5.41, 5.74) is 1.22. The summed E-state index contributed by atoms with van der Waals surface area (Å²) < 4.78 is 19.9. The van der Waals surface area contributed by atoms with Gasteiger partial charge in [-0.3, -0.25) is 4.79 Å². The highest BCUT2D eigenvalue weighted by atomic mass is 32.1. The second-order valence-electron chi connectivity index (χ2n) is 6.27. The monoisotopic (exact) mass is 355 g/mol. The molecular formula is C20H18FNO2S. The van der Waals surface area contributed by atoms with Gasteiger partial charge in [0.25, 0.3) is 5.91 Å². The molecule has 5 heteroatoms. The molecule has 3 nitrogen and oxygen atoms in total. The van der Waals surface area contributed by atoms with E-state index < -0.39 is 0 Å². The van der Waals surface area contributed by atoms with E-state index in [-0.39, 0.29) is 11.7 Å². The highest BCUT2D eigenvalue weighted by Gasteiger charge is 2.29. The van der Waals surface area contributed by atoms with Crippen LogP contribution in [0, 0.1) is 5.82 Å². The summed E-state index contributed by atoms with van der Waals surface area (Å²) in [5.74, 6) is 0.893. The van der Waals surface area contributed by atoms with E-state index in [0.717, 1.165) is 23.4 Å². The minimum absolute atomic E-state index is 0.00314. The number of carbonyl (C=O) groups excluding carboxylic acids is 1. The van der Waals surface area contributed by atoms with Crippen molar-refractivity contribution in [3.63, 3.8) is 0 Å². The molecule has 1 aromatic heterocycles. The van der Waals surface area contributed by atoms with Gasteiger partial charge in [-0.05, 0) is 42.3 Å². The fraction of sp³-hybridized carbons (Fsp3) is 0.250. The molecule has 0 bridgehead atoms. The van der Waals surface area contributed by atoms with Crippen LogP contribution in [-0.2, 0) is 0 Å². The second-order valence-corrected chi connectivity index (χ2v) is 7.36. The number of fused-ring (bicyclic) bond motifs is 1. The number of thiophene rings is 1. The van der Waals surface area contributed by atoms with Gasteiger partial charge in [-0.2, -0.15) is 0 Å². The van der Waals surface area contributed by atoms with E-state index in [1.54, 1.807) is 19.2 Å². The molecule has 1 amide bonds. The van der Waals surface area contributed by atoms with Crippen LogP contribution in [0.3, 0.4) is 0 Å². The lowest BCUT2D eigenvalue weighted by Gasteiger charge is -2.16. The molecule has 2 aromatic carbocycles. The number of nitrogens with zero attached hydrogens (tertiary/aromatic N) is 1. The van der Waals surface area contributed by atoms with Crippen molar-refractivity contribution in [2.24, 2.45) is 0 Å². The van der Waals surface area contributed by atoms with E-state index in [1.807, 2.05) is 23.1 Å². The zero-order chi connectivity index (χ0) is 17.4. The van der Waals surface area contributed by atoms with E-state index in [2.05, 4.69) is 12.1 Å². The summed E-state index contributed by atoms with van der Waals surface area (Å²) in [6, 6.07) is 14.7. The van der Waals surface area contributed by atoms with Gasteiger partial charge in [0.2, 0.25) is 0 Å². The molecule has 0 radical (unpaired) electrons. The summed E-state index contributed by atoms with van der Waals surface area (Å²) in [4.78, 5) is 15.3. The predicted molar refractivity (Wildman–Crippen MR) is 98.0 cm³/mol. The third kappa shape index (κ3) is 3.00. The van der Waals surface area contributed by atoms with E-state index in [0.29, 0.717) is 22.7 Å². The lowest BCUT2D eigenvalue weighted by Crippen LogP contribution is -2.27. The van der Waals surface area contributed by atoms with Gasteiger partial charge in [-0.25, -0.2) is 4.39 Å². The molecule has 2 heterocycles. The van der Waals surface area contributed by atoms with Gasteiger partial charge in [0, 0.05) is 29.1 Å². The largest absolute Gasteiger partial charge is 0.497 e. The number of carbonyl (C=O) groups is 1. The Bertz CT molecular complexity index is 919. The van der Waals surface area contributed by atoms with Gasteiger partial charge < -0.3 is 9.64 Å². The van der Waals surface area contributed by atoms with Gasteiger partial charge in [0.1, 0.15) is 11.6 Å². The minimum Gasteiger partial charge on any atom is -0.497 e. The highest BCUT2D eigenvalue weighted by molar-refractivity contribution is 7.20.